The van der Waals surface area contributed by atoms with Gasteiger partial charge < -0.3 is 10.1 Å². The van der Waals surface area contributed by atoms with Gasteiger partial charge in [0, 0.05) is 6.92 Å². The second-order valence-electron chi connectivity index (χ2n) is 3.09. The molecule has 7 heteroatoms. The number of hydrogen-bond donors (Lipinski definition) is 1. The van der Waals surface area contributed by atoms with Crippen LogP contribution >= 0.6 is 0 Å². The van der Waals surface area contributed by atoms with Crippen LogP contribution in [0.5, 0.6) is 0 Å². The summed E-state index contributed by atoms with van der Waals surface area (Å²) < 4.78 is 0. The first-order valence-corrected chi connectivity index (χ1v) is 4.35. The van der Waals surface area contributed by atoms with E-state index in [1.165, 1.54) is 19.2 Å². The van der Waals surface area contributed by atoms with Gasteiger partial charge in [0.1, 0.15) is 11.8 Å². The van der Waals surface area contributed by atoms with Crippen molar-refractivity contribution in [1.82, 2.24) is 10.3 Å². The molecule has 0 aliphatic carbocycles. The molecule has 1 N–H and O–H groups in total. The fourth-order valence-electron chi connectivity index (χ4n) is 1.19. The lowest BCUT2D eigenvalue weighted by Crippen LogP contribution is -2.29. The topological polar surface area (TPSA) is 102 Å². The molecule has 1 aromatic heterocycles. The van der Waals surface area contributed by atoms with Crippen LogP contribution < -0.4 is 5.32 Å². The van der Waals surface area contributed by atoms with Crippen molar-refractivity contribution in [1.29, 1.82) is 0 Å². The van der Waals surface area contributed by atoms with Gasteiger partial charge in [0.05, 0.1) is 0 Å². The van der Waals surface area contributed by atoms with Gasteiger partial charge in [-0.1, -0.05) is 0 Å². The molecule has 0 aromatic carbocycles. The summed E-state index contributed by atoms with van der Waals surface area (Å²) in [4.78, 5) is 35.6. The van der Waals surface area contributed by atoms with E-state index in [0.29, 0.717) is 5.56 Å². The molecule has 0 radical (unpaired) electrons. The summed E-state index contributed by atoms with van der Waals surface area (Å²) in [5, 5.41) is 12.6. The molecule has 2 amide bonds. The Labute approximate surface area is 90.6 Å². The summed E-state index contributed by atoms with van der Waals surface area (Å²) >= 11 is 0. The number of carbonyl (C=O) groups excluding carboxylic acids is 2. The Hall–Kier alpha value is -2.31. The van der Waals surface area contributed by atoms with Crippen LogP contribution in [0.25, 0.3) is 0 Å². The fourth-order valence-corrected chi connectivity index (χ4v) is 1.19. The molecule has 1 aromatic rings. The minimum Gasteiger partial charge on any atom is -0.358 e. The number of pyridine rings is 1. The predicted molar refractivity (Wildman–Crippen MR) is 53.8 cm³/mol. The van der Waals surface area contributed by atoms with Crippen LogP contribution in [-0.2, 0) is 4.79 Å². The number of nitrogens with zero attached hydrogens (tertiary/aromatic N) is 2. The highest BCUT2D eigenvalue weighted by atomic mass is 16.6. The van der Waals surface area contributed by atoms with Crippen LogP contribution in [0, 0.1) is 17.0 Å². The first-order chi connectivity index (χ1) is 7.43. The molecule has 0 atom stereocenters. The van der Waals surface area contributed by atoms with Gasteiger partial charge in [-0.25, -0.2) is 0 Å². The van der Waals surface area contributed by atoms with E-state index in [0.717, 1.165) is 6.92 Å². The Balaban J connectivity index is 3.25. The van der Waals surface area contributed by atoms with Crippen molar-refractivity contribution < 1.29 is 14.5 Å². The minimum atomic E-state index is -0.815. The third-order valence-electron chi connectivity index (χ3n) is 1.83. The van der Waals surface area contributed by atoms with Crippen LogP contribution in [0.15, 0.2) is 12.3 Å². The molecule has 1 rings (SSSR count). The van der Waals surface area contributed by atoms with Gasteiger partial charge in [-0.3, -0.25) is 14.9 Å². The van der Waals surface area contributed by atoms with Crippen LogP contribution in [-0.4, -0.2) is 21.7 Å². The quantitative estimate of drug-likeness (QED) is 0.583. The molecule has 1 heterocycles. The largest absolute Gasteiger partial charge is 0.376 e. The van der Waals surface area contributed by atoms with Gasteiger partial charge in [-0.2, -0.15) is 0 Å². The average Bonchev–Trinajstić information content (AvgIpc) is 2.15. The Bertz CT molecular complexity index is 470. The van der Waals surface area contributed by atoms with E-state index >= 15 is 0 Å². The molecule has 16 heavy (non-hydrogen) atoms. The minimum absolute atomic E-state index is 0.192. The lowest BCUT2D eigenvalue weighted by molar-refractivity contribution is -0.389. The van der Waals surface area contributed by atoms with Gasteiger partial charge in [-0.05, 0) is 28.5 Å². The van der Waals surface area contributed by atoms with E-state index in [1.807, 2.05) is 5.32 Å². The maximum absolute atomic E-state index is 11.5. The number of nitrogens with one attached hydrogen (secondary N) is 1. The zero-order valence-electron chi connectivity index (χ0n) is 8.68. The van der Waals surface area contributed by atoms with Crippen LogP contribution in [0.4, 0.5) is 5.82 Å². The van der Waals surface area contributed by atoms with Gasteiger partial charge in [-0.15, -0.1) is 0 Å². The number of carbonyl (C=O) groups is 2. The van der Waals surface area contributed by atoms with Crippen LogP contribution in [0.3, 0.4) is 0 Å². The van der Waals surface area contributed by atoms with E-state index in [-0.39, 0.29) is 5.56 Å². The highest BCUT2D eigenvalue weighted by molar-refractivity contribution is 6.06. The van der Waals surface area contributed by atoms with E-state index in [9.17, 15) is 19.7 Å². The zero-order chi connectivity index (χ0) is 12.3. The van der Waals surface area contributed by atoms with Crippen LogP contribution in [0.1, 0.15) is 22.8 Å². The van der Waals surface area contributed by atoms with Crippen molar-refractivity contribution in [3.8, 4) is 0 Å². The second kappa shape index (κ2) is 4.47. The van der Waals surface area contributed by atoms with Crippen molar-refractivity contribution in [2.24, 2.45) is 0 Å². The number of rotatable bonds is 2. The summed E-state index contributed by atoms with van der Waals surface area (Å²) in [6.45, 7) is 2.68. The van der Waals surface area contributed by atoms with Crippen molar-refractivity contribution in [2.45, 2.75) is 13.8 Å². The summed E-state index contributed by atoms with van der Waals surface area (Å²) in [6.07, 6.45) is 1.23. The first-order valence-electron chi connectivity index (χ1n) is 4.35. The maximum atomic E-state index is 11.5. The van der Waals surface area contributed by atoms with Crippen molar-refractivity contribution in [2.75, 3.05) is 0 Å². The lowest BCUT2D eigenvalue weighted by atomic mass is 10.1. The molecule has 0 aliphatic heterocycles. The number of hydrogen-bond acceptors (Lipinski definition) is 5. The summed E-state index contributed by atoms with van der Waals surface area (Å²) in [5.41, 5.74) is 0.197. The third-order valence-corrected chi connectivity index (χ3v) is 1.83. The fraction of sp³-hybridized carbons (Fsp3) is 0.222. The molecular weight excluding hydrogens is 214 g/mol. The molecule has 7 nitrogen and oxygen atoms in total. The Kier molecular flexibility index (Phi) is 3.29. The maximum Gasteiger partial charge on any atom is 0.376 e. The van der Waals surface area contributed by atoms with E-state index in [4.69, 9.17) is 0 Å². The molecule has 0 unspecified atom stereocenters. The van der Waals surface area contributed by atoms with Gasteiger partial charge in [0.15, 0.2) is 0 Å². The number of nitro groups is 1. The summed E-state index contributed by atoms with van der Waals surface area (Å²) in [7, 11) is 0. The number of aromatic nitrogens is 1. The number of imide groups is 1. The smallest absolute Gasteiger partial charge is 0.358 e. The van der Waals surface area contributed by atoms with Gasteiger partial charge in [0.2, 0.25) is 5.91 Å². The van der Waals surface area contributed by atoms with Crippen LogP contribution in [0.2, 0.25) is 0 Å². The monoisotopic (exact) mass is 223 g/mol. The molecule has 0 fully saturated rings. The van der Waals surface area contributed by atoms with E-state index in [2.05, 4.69) is 4.98 Å². The Morgan fingerprint density at radius 1 is 1.50 bits per heavy atom. The predicted octanol–water partition coefficient (Wildman–Crippen LogP) is 0.575. The lowest BCUT2D eigenvalue weighted by Gasteiger charge is -2.04. The third kappa shape index (κ3) is 2.38. The molecule has 0 saturated carbocycles. The Morgan fingerprint density at radius 2 is 2.12 bits per heavy atom. The standard InChI is InChI=1S/C9H9N3O4/c1-5-3-4-10-8(12(15)16)7(5)9(14)11-6(2)13/h3-4H,1-2H3,(H,11,13,14). The SMILES string of the molecule is CC(=O)NC(=O)c1c(C)ccnc1[N+](=O)[O-]. The van der Waals surface area contributed by atoms with E-state index in [1.54, 1.807) is 0 Å². The van der Waals surface area contributed by atoms with Gasteiger partial charge >= 0.3 is 5.82 Å². The van der Waals surface area contributed by atoms with Crippen molar-refractivity contribution >= 4 is 17.6 Å². The molecule has 0 aliphatic rings. The molecule has 0 bridgehead atoms. The molecule has 0 spiro atoms. The first kappa shape index (κ1) is 11.8. The Morgan fingerprint density at radius 3 is 2.62 bits per heavy atom. The molecule has 0 saturated heterocycles. The van der Waals surface area contributed by atoms with Crippen molar-refractivity contribution in [3.63, 3.8) is 0 Å². The summed E-state index contributed by atoms with van der Waals surface area (Å²) in [5.74, 6) is -1.95. The van der Waals surface area contributed by atoms with E-state index < -0.39 is 22.6 Å². The average molecular weight is 223 g/mol. The molecule has 84 valence electrons. The second-order valence-corrected chi connectivity index (χ2v) is 3.09. The normalized spacial score (nSPS) is 9.62. The highest BCUT2D eigenvalue weighted by Crippen LogP contribution is 2.18. The van der Waals surface area contributed by atoms with Gasteiger partial charge in [0.25, 0.3) is 5.91 Å². The van der Waals surface area contributed by atoms with Crippen molar-refractivity contribution in [3.05, 3.63) is 33.5 Å². The highest BCUT2D eigenvalue weighted by Gasteiger charge is 2.24. The number of amides is 2. The number of aryl methyl sites for hydroxylation is 1. The molecular formula is C9H9N3O4. The zero-order valence-corrected chi connectivity index (χ0v) is 8.68. The summed E-state index contributed by atoms with van der Waals surface area (Å²) in [6, 6.07) is 1.46.